The molecule has 1 aliphatic rings. The Balaban J connectivity index is 0.00000341. The molecule has 1 aromatic carbocycles. The van der Waals surface area contributed by atoms with Crippen LogP contribution in [-0.2, 0) is 6.54 Å². The highest BCUT2D eigenvalue weighted by atomic mass is 127. The minimum Gasteiger partial charge on any atom is -0.494 e. The number of ether oxygens (including phenoxy) is 1. The number of aliphatic imine (C=N–C) groups is 1. The largest absolute Gasteiger partial charge is 0.494 e. The topological polar surface area (TPSA) is 61.8 Å². The summed E-state index contributed by atoms with van der Waals surface area (Å²) in [6, 6.07) is 12.9. The number of anilines is 1. The average molecular weight is 537 g/mol. The first-order valence-electron chi connectivity index (χ1n) is 11.0. The van der Waals surface area contributed by atoms with E-state index in [2.05, 4.69) is 58.6 Å². The Hall–Kier alpha value is -2.03. The van der Waals surface area contributed by atoms with Gasteiger partial charge in [0.25, 0.3) is 0 Å². The molecular weight excluding hydrogens is 501 g/mol. The summed E-state index contributed by atoms with van der Waals surface area (Å²) in [7, 11) is 0. The number of aryl methyl sites for hydroxylation is 2. The monoisotopic (exact) mass is 537 g/mol. The molecule has 0 bridgehead atoms. The molecule has 7 heteroatoms. The van der Waals surface area contributed by atoms with Gasteiger partial charge in [0.2, 0.25) is 0 Å². The lowest BCUT2D eigenvalue weighted by atomic mass is 10.1. The summed E-state index contributed by atoms with van der Waals surface area (Å²) in [5.74, 6) is 2.92. The van der Waals surface area contributed by atoms with E-state index in [0.717, 1.165) is 61.3 Å². The van der Waals surface area contributed by atoms with Gasteiger partial charge in [0.05, 0.1) is 13.2 Å². The summed E-state index contributed by atoms with van der Waals surface area (Å²) in [5.41, 5.74) is 3.41. The van der Waals surface area contributed by atoms with Gasteiger partial charge in [-0.05, 0) is 69.9 Å². The fourth-order valence-corrected chi connectivity index (χ4v) is 3.77. The van der Waals surface area contributed by atoms with Crippen LogP contribution in [0.3, 0.4) is 0 Å². The number of pyridine rings is 1. The molecule has 0 aliphatic carbocycles. The lowest BCUT2D eigenvalue weighted by Gasteiger charge is -2.34. The molecule has 0 amide bonds. The lowest BCUT2D eigenvalue weighted by molar-refractivity contribution is 0.338. The Morgan fingerprint density at radius 1 is 1.16 bits per heavy atom. The van der Waals surface area contributed by atoms with Crippen molar-refractivity contribution in [1.82, 2.24) is 15.6 Å². The minimum atomic E-state index is 0. The number of aromatic nitrogens is 1. The Morgan fingerprint density at radius 3 is 2.58 bits per heavy atom. The highest BCUT2D eigenvalue weighted by Gasteiger charge is 2.21. The van der Waals surface area contributed by atoms with Gasteiger partial charge in [0, 0.05) is 31.4 Å². The van der Waals surface area contributed by atoms with E-state index in [1.165, 1.54) is 5.56 Å². The van der Waals surface area contributed by atoms with E-state index in [1.807, 2.05) is 26.0 Å². The van der Waals surface area contributed by atoms with Crippen molar-refractivity contribution in [2.45, 2.75) is 53.1 Å². The standard InChI is InChI=1S/C24H35N5O.HI/c1-5-25-24(26-17-20-10-11-22(30-6-2)18(3)16-20)28-21-12-14-29(15-13-21)23-9-7-8-19(4)27-23;/h7-11,16,21H,5-6,12-15,17H2,1-4H3,(H2,25,26,28);1H. The quantitative estimate of drug-likeness (QED) is 0.311. The van der Waals surface area contributed by atoms with E-state index in [0.29, 0.717) is 19.2 Å². The molecule has 0 spiro atoms. The molecule has 0 saturated carbocycles. The fourth-order valence-electron chi connectivity index (χ4n) is 3.77. The van der Waals surface area contributed by atoms with Crippen molar-refractivity contribution >= 4 is 35.8 Å². The number of nitrogens with zero attached hydrogens (tertiary/aromatic N) is 3. The van der Waals surface area contributed by atoms with E-state index < -0.39 is 0 Å². The molecule has 1 fully saturated rings. The third-order valence-corrected chi connectivity index (χ3v) is 5.34. The number of piperidine rings is 1. The molecule has 0 radical (unpaired) electrons. The molecule has 1 aromatic heterocycles. The van der Waals surface area contributed by atoms with E-state index in [9.17, 15) is 0 Å². The first kappa shape index (κ1) is 25.2. The number of hydrogen-bond acceptors (Lipinski definition) is 4. The molecule has 6 nitrogen and oxygen atoms in total. The van der Waals surface area contributed by atoms with Crippen molar-refractivity contribution in [3.05, 3.63) is 53.2 Å². The maximum Gasteiger partial charge on any atom is 0.191 e. The van der Waals surface area contributed by atoms with E-state index in [4.69, 9.17) is 9.73 Å². The summed E-state index contributed by atoms with van der Waals surface area (Å²) in [5, 5.41) is 7.01. The SMILES string of the molecule is CCNC(=NCc1ccc(OCC)c(C)c1)NC1CCN(c2cccc(C)n2)CC1.I. The van der Waals surface area contributed by atoms with E-state index in [-0.39, 0.29) is 24.0 Å². The van der Waals surface area contributed by atoms with Crippen LogP contribution in [0, 0.1) is 13.8 Å². The van der Waals surface area contributed by atoms with Crippen LogP contribution in [0.15, 0.2) is 41.4 Å². The molecule has 3 rings (SSSR count). The lowest BCUT2D eigenvalue weighted by Crippen LogP contribution is -2.48. The van der Waals surface area contributed by atoms with Crippen molar-refractivity contribution in [3.63, 3.8) is 0 Å². The van der Waals surface area contributed by atoms with Crippen molar-refractivity contribution in [2.24, 2.45) is 4.99 Å². The van der Waals surface area contributed by atoms with Crippen LogP contribution in [0.4, 0.5) is 5.82 Å². The zero-order valence-electron chi connectivity index (χ0n) is 19.1. The number of benzene rings is 1. The van der Waals surface area contributed by atoms with Crippen molar-refractivity contribution < 1.29 is 4.74 Å². The number of rotatable bonds is 7. The third-order valence-electron chi connectivity index (χ3n) is 5.34. The molecule has 2 aromatic rings. The summed E-state index contributed by atoms with van der Waals surface area (Å²) in [4.78, 5) is 11.8. The predicted octanol–water partition coefficient (Wildman–Crippen LogP) is 4.44. The molecule has 2 N–H and O–H groups in total. The Morgan fingerprint density at radius 2 is 1.94 bits per heavy atom. The predicted molar refractivity (Wildman–Crippen MR) is 140 cm³/mol. The third kappa shape index (κ3) is 7.55. The van der Waals surface area contributed by atoms with Crippen LogP contribution in [0.1, 0.15) is 43.5 Å². The van der Waals surface area contributed by atoms with Crippen LogP contribution in [0.25, 0.3) is 0 Å². The van der Waals surface area contributed by atoms with Gasteiger partial charge in [-0.15, -0.1) is 24.0 Å². The summed E-state index contributed by atoms with van der Waals surface area (Å²) in [6.07, 6.45) is 2.14. The van der Waals surface area contributed by atoms with Gasteiger partial charge < -0.3 is 20.3 Å². The van der Waals surface area contributed by atoms with Crippen molar-refractivity contribution in [2.75, 3.05) is 31.1 Å². The van der Waals surface area contributed by atoms with Crippen LogP contribution in [-0.4, -0.2) is 43.2 Å². The molecule has 31 heavy (non-hydrogen) atoms. The summed E-state index contributed by atoms with van der Waals surface area (Å²) in [6.45, 7) is 12.4. The van der Waals surface area contributed by atoms with E-state index in [1.54, 1.807) is 0 Å². The highest BCUT2D eigenvalue weighted by Crippen LogP contribution is 2.20. The van der Waals surface area contributed by atoms with Crippen molar-refractivity contribution in [3.8, 4) is 5.75 Å². The van der Waals surface area contributed by atoms with Crippen LogP contribution >= 0.6 is 24.0 Å². The minimum absolute atomic E-state index is 0. The van der Waals surface area contributed by atoms with Gasteiger partial charge in [0.1, 0.15) is 11.6 Å². The average Bonchev–Trinajstić information content (AvgIpc) is 2.74. The molecule has 0 atom stereocenters. The molecule has 1 saturated heterocycles. The number of hydrogen-bond donors (Lipinski definition) is 2. The first-order valence-corrected chi connectivity index (χ1v) is 11.0. The fraction of sp³-hybridized carbons (Fsp3) is 0.500. The Kier molecular flexibility index (Phi) is 10.4. The second-order valence-electron chi connectivity index (χ2n) is 7.77. The van der Waals surface area contributed by atoms with Crippen LogP contribution in [0.2, 0.25) is 0 Å². The second-order valence-corrected chi connectivity index (χ2v) is 7.77. The zero-order chi connectivity index (χ0) is 21.3. The van der Waals surface area contributed by atoms with E-state index >= 15 is 0 Å². The molecule has 0 unspecified atom stereocenters. The summed E-state index contributed by atoms with van der Waals surface area (Å²) >= 11 is 0. The second kappa shape index (κ2) is 12.7. The van der Waals surface area contributed by atoms with Crippen LogP contribution < -0.4 is 20.3 Å². The van der Waals surface area contributed by atoms with Gasteiger partial charge in [-0.2, -0.15) is 0 Å². The molecule has 1 aliphatic heterocycles. The number of guanidine groups is 1. The molecule has 170 valence electrons. The molecule has 2 heterocycles. The Bertz CT molecular complexity index is 850. The van der Waals surface area contributed by atoms with Gasteiger partial charge in [-0.25, -0.2) is 9.98 Å². The van der Waals surface area contributed by atoms with Crippen molar-refractivity contribution in [1.29, 1.82) is 0 Å². The molecular formula is C24H36IN5O. The zero-order valence-corrected chi connectivity index (χ0v) is 21.5. The van der Waals surface area contributed by atoms with Crippen LogP contribution in [0.5, 0.6) is 5.75 Å². The summed E-state index contributed by atoms with van der Waals surface area (Å²) < 4.78 is 5.63. The van der Waals surface area contributed by atoms with Gasteiger partial charge in [-0.3, -0.25) is 0 Å². The Labute approximate surface area is 203 Å². The maximum atomic E-state index is 5.63. The number of halogens is 1. The smallest absolute Gasteiger partial charge is 0.191 e. The number of nitrogens with one attached hydrogen (secondary N) is 2. The highest BCUT2D eigenvalue weighted by molar-refractivity contribution is 14.0. The normalized spacial score (nSPS) is 14.7. The van der Waals surface area contributed by atoms with Gasteiger partial charge in [0.15, 0.2) is 5.96 Å². The van der Waals surface area contributed by atoms with Gasteiger partial charge >= 0.3 is 0 Å². The van der Waals surface area contributed by atoms with Gasteiger partial charge in [-0.1, -0.05) is 18.2 Å². The maximum absolute atomic E-state index is 5.63. The first-order chi connectivity index (χ1) is 14.6.